The van der Waals surface area contributed by atoms with Gasteiger partial charge in [-0.3, -0.25) is 4.72 Å². The van der Waals surface area contributed by atoms with Crippen molar-refractivity contribution in [1.29, 1.82) is 0 Å². The third-order valence-electron chi connectivity index (χ3n) is 5.68. The van der Waals surface area contributed by atoms with E-state index in [1.54, 1.807) is 62.4 Å². The number of rotatable bonds is 7. The van der Waals surface area contributed by atoms with Crippen molar-refractivity contribution in [2.24, 2.45) is 0 Å². The van der Waals surface area contributed by atoms with Crippen molar-refractivity contribution in [3.05, 3.63) is 59.9 Å². The standard InChI is InChI=1S/C23H25N5O6S2/c1-13-4-10-16(11-5-13)36(31,32)27-15-8-6-14(7-9-15)21-26-28-20(24-25-22(28)35-21)19-18(17(30)12-29)33-23(2,3)34-19/h4-11,17-19,27,29-30H,12H2,1-3H3/t17-,18-,19+/m1/s1. The van der Waals surface area contributed by atoms with Gasteiger partial charge < -0.3 is 19.7 Å². The maximum atomic E-state index is 12.7. The summed E-state index contributed by atoms with van der Waals surface area (Å²) in [5.74, 6) is -0.643. The minimum absolute atomic E-state index is 0.185. The Bertz CT molecular complexity index is 1480. The molecule has 0 bridgehead atoms. The molecule has 3 N–H and O–H groups in total. The minimum Gasteiger partial charge on any atom is -0.394 e. The number of ether oxygens (including phenoxy) is 2. The van der Waals surface area contributed by atoms with E-state index in [0.717, 1.165) is 11.1 Å². The molecular weight excluding hydrogens is 506 g/mol. The molecule has 0 spiro atoms. The lowest BCUT2D eigenvalue weighted by molar-refractivity contribution is -0.158. The normalized spacial score (nSPS) is 20.6. The third-order valence-corrected chi connectivity index (χ3v) is 8.03. The number of aliphatic hydroxyl groups is 2. The highest BCUT2D eigenvalue weighted by Crippen LogP contribution is 2.40. The molecule has 1 saturated heterocycles. The van der Waals surface area contributed by atoms with Crippen LogP contribution in [0.5, 0.6) is 0 Å². The van der Waals surface area contributed by atoms with E-state index in [-0.39, 0.29) is 4.90 Å². The van der Waals surface area contributed by atoms with Crippen molar-refractivity contribution in [3.63, 3.8) is 0 Å². The summed E-state index contributed by atoms with van der Waals surface area (Å²) in [4.78, 5) is 0.693. The first kappa shape index (κ1) is 24.7. The van der Waals surface area contributed by atoms with Gasteiger partial charge in [-0.05, 0) is 57.2 Å². The predicted octanol–water partition coefficient (Wildman–Crippen LogP) is 2.51. The van der Waals surface area contributed by atoms with Gasteiger partial charge in [0.1, 0.15) is 17.2 Å². The molecule has 0 radical (unpaired) electrons. The Labute approximate surface area is 211 Å². The number of sulfonamides is 1. The van der Waals surface area contributed by atoms with E-state index in [9.17, 15) is 18.6 Å². The van der Waals surface area contributed by atoms with Crippen LogP contribution in [-0.4, -0.2) is 63.0 Å². The van der Waals surface area contributed by atoms with Crippen LogP contribution in [0, 0.1) is 6.92 Å². The largest absolute Gasteiger partial charge is 0.394 e. The molecule has 2 aromatic heterocycles. The molecule has 1 fully saturated rings. The molecule has 2 aromatic carbocycles. The minimum atomic E-state index is -3.71. The lowest BCUT2D eigenvalue weighted by Crippen LogP contribution is -2.35. The first-order valence-electron chi connectivity index (χ1n) is 11.1. The zero-order chi connectivity index (χ0) is 25.7. The van der Waals surface area contributed by atoms with Crippen molar-refractivity contribution in [1.82, 2.24) is 19.8 Å². The van der Waals surface area contributed by atoms with Gasteiger partial charge in [-0.2, -0.15) is 9.61 Å². The predicted molar refractivity (Wildman–Crippen MR) is 132 cm³/mol. The summed E-state index contributed by atoms with van der Waals surface area (Å²) in [6.45, 7) is 4.82. The summed E-state index contributed by atoms with van der Waals surface area (Å²) < 4.78 is 41.1. The van der Waals surface area contributed by atoms with Gasteiger partial charge in [0.2, 0.25) is 4.96 Å². The molecule has 11 nitrogen and oxygen atoms in total. The molecule has 0 unspecified atom stereocenters. The van der Waals surface area contributed by atoms with E-state index in [2.05, 4.69) is 20.0 Å². The van der Waals surface area contributed by atoms with Crippen LogP contribution in [0.3, 0.4) is 0 Å². The van der Waals surface area contributed by atoms with Crippen molar-refractivity contribution in [3.8, 4) is 10.6 Å². The smallest absolute Gasteiger partial charge is 0.261 e. The molecule has 36 heavy (non-hydrogen) atoms. The lowest BCUT2D eigenvalue weighted by Gasteiger charge is -2.19. The quantitative estimate of drug-likeness (QED) is 0.327. The molecule has 0 amide bonds. The summed E-state index contributed by atoms with van der Waals surface area (Å²) in [7, 11) is -3.71. The summed E-state index contributed by atoms with van der Waals surface area (Å²) in [5.41, 5.74) is 2.15. The molecule has 13 heteroatoms. The van der Waals surface area contributed by atoms with Crippen molar-refractivity contribution >= 4 is 32.0 Å². The first-order valence-corrected chi connectivity index (χ1v) is 13.4. The highest BCUT2D eigenvalue weighted by Gasteiger charge is 2.47. The topological polar surface area (TPSA) is 148 Å². The van der Waals surface area contributed by atoms with Gasteiger partial charge in [0.05, 0.1) is 11.5 Å². The monoisotopic (exact) mass is 531 g/mol. The summed E-state index contributed by atoms with van der Waals surface area (Å²) in [5, 5.41) is 33.3. The first-order chi connectivity index (χ1) is 17.1. The Hall–Kier alpha value is -2.94. The molecule has 5 rings (SSSR count). The number of nitrogens with one attached hydrogen (secondary N) is 1. The Kier molecular flexibility index (Phi) is 6.31. The van der Waals surface area contributed by atoms with Crippen LogP contribution >= 0.6 is 11.3 Å². The van der Waals surface area contributed by atoms with Crippen molar-refractivity contribution in [2.75, 3.05) is 11.3 Å². The SMILES string of the molecule is Cc1ccc(S(=O)(=O)Nc2ccc(-c3nn4c([C@H]5OC(C)(C)O[C@@H]5[C@H](O)CO)nnc4s3)cc2)cc1. The molecule has 1 aliphatic heterocycles. The lowest BCUT2D eigenvalue weighted by atomic mass is 10.1. The van der Waals surface area contributed by atoms with Crippen LogP contribution < -0.4 is 4.72 Å². The maximum absolute atomic E-state index is 12.7. The summed E-state index contributed by atoms with van der Waals surface area (Å²) in [6.07, 6.45) is -2.80. The van der Waals surface area contributed by atoms with E-state index in [4.69, 9.17) is 9.47 Å². The zero-order valence-corrected chi connectivity index (χ0v) is 21.3. The molecule has 190 valence electrons. The zero-order valence-electron chi connectivity index (χ0n) is 19.7. The highest BCUT2D eigenvalue weighted by molar-refractivity contribution is 7.92. The number of hydrogen-bond acceptors (Lipinski definition) is 10. The van der Waals surface area contributed by atoms with Gasteiger partial charge in [0, 0.05) is 11.3 Å². The van der Waals surface area contributed by atoms with Gasteiger partial charge in [-0.1, -0.05) is 29.0 Å². The van der Waals surface area contributed by atoms with Crippen LogP contribution in [-0.2, 0) is 19.5 Å². The second-order valence-electron chi connectivity index (χ2n) is 8.93. The van der Waals surface area contributed by atoms with E-state index in [1.807, 2.05) is 6.92 Å². The Balaban J connectivity index is 1.39. The van der Waals surface area contributed by atoms with Gasteiger partial charge >= 0.3 is 0 Å². The number of aryl methyl sites for hydroxylation is 1. The van der Waals surface area contributed by atoms with E-state index in [1.165, 1.54) is 15.9 Å². The fourth-order valence-corrected chi connectivity index (χ4v) is 5.82. The summed E-state index contributed by atoms with van der Waals surface area (Å²) >= 11 is 1.29. The van der Waals surface area contributed by atoms with Gasteiger partial charge in [0.25, 0.3) is 10.0 Å². The Morgan fingerprint density at radius 3 is 2.47 bits per heavy atom. The highest BCUT2D eigenvalue weighted by atomic mass is 32.2. The molecule has 0 aliphatic carbocycles. The second-order valence-corrected chi connectivity index (χ2v) is 11.6. The molecular formula is C23H25N5O6S2. The van der Waals surface area contributed by atoms with E-state index < -0.39 is 40.7 Å². The fraction of sp³-hybridized carbons (Fsp3) is 0.348. The van der Waals surface area contributed by atoms with Crippen LogP contribution in [0.15, 0.2) is 53.4 Å². The van der Waals surface area contributed by atoms with Crippen LogP contribution in [0.25, 0.3) is 15.5 Å². The van der Waals surface area contributed by atoms with Gasteiger partial charge in [-0.25, -0.2) is 8.42 Å². The molecule has 0 saturated carbocycles. The molecule has 1 aliphatic rings. The summed E-state index contributed by atoms with van der Waals surface area (Å²) in [6, 6.07) is 13.5. The van der Waals surface area contributed by atoms with Crippen LogP contribution in [0.4, 0.5) is 5.69 Å². The van der Waals surface area contributed by atoms with Crippen LogP contribution in [0.1, 0.15) is 31.3 Å². The van der Waals surface area contributed by atoms with Crippen molar-refractivity contribution < 1.29 is 28.1 Å². The number of anilines is 1. The van der Waals surface area contributed by atoms with Crippen LogP contribution in [0.2, 0.25) is 0 Å². The molecule has 3 atom stereocenters. The molecule has 3 heterocycles. The number of nitrogens with zero attached hydrogens (tertiary/aromatic N) is 4. The molecule has 4 aromatic rings. The average molecular weight is 532 g/mol. The number of aromatic nitrogens is 4. The number of fused-ring (bicyclic) bond motifs is 1. The number of aliphatic hydroxyl groups excluding tert-OH is 2. The van der Waals surface area contributed by atoms with E-state index >= 15 is 0 Å². The maximum Gasteiger partial charge on any atom is 0.261 e. The van der Waals surface area contributed by atoms with Gasteiger partial charge in [0.15, 0.2) is 17.7 Å². The second kappa shape index (κ2) is 9.18. The van der Waals surface area contributed by atoms with Crippen molar-refractivity contribution in [2.45, 2.75) is 49.8 Å². The van der Waals surface area contributed by atoms with E-state index in [0.29, 0.717) is 21.5 Å². The Morgan fingerprint density at radius 1 is 1.11 bits per heavy atom. The van der Waals surface area contributed by atoms with Gasteiger partial charge in [-0.15, -0.1) is 10.2 Å². The Morgan fingerprint density at radius 2 is 1.81 bits per heavy atom. The average Bonchev–Trinajstić information content (AvgIpc) is 3.51. The third kappa shape index (κ3) is 4.73. The number of benzene rings is 2. The fourth-order valence-electron chi connectivity index (χ4n) is 3.91. The number of hydrogen-bond donors (Lipinski definition) is 3.